The number of pyridine rings is 1. The summed E-state index contributed by atoms with van der Waals surface area (Å²) in [5, 5.41) is 2.86. The molecule has 1 aliphatic heterocycles. The lowest BCUT2D eigenvalue weighted by molar-refractivity contribution is -0.0148. The van der Waals surface area contributed by atoms with Crippen molar-refractivity contribution in [3.05, 3.63) is 28.5 Å². The van der Waals surface area contributed by atoms with E-state index in [0.717, 1.165) is 6.42 Å². The van der Waals surface area contributed by atoms with Crippen LogP contribution in [0.2, 0.25) is 0 Å². The molecule has 1 N–H and O–H groups in total. The fourth-order valence-corrected chi connectivity index (χ4v) is 2.28. The van der Waals surface area contributed by atoms with Gasteiger partial charge in [-0.25, -0.2) is 4.98 Å². The molecule has 1 saturated heterocycles. The van der Waals surface area contributed by atoms with E-state index in [2.05, 4.69) is 26.2 Å². The zero-order chi connectivity index (χ0) is 13.0. The Morgan fingerprint density at radius 2 is 2.56 bits per heavy atom. The highest BCUT2D eigenvalue weighted by molar-refractivity contribution is 9.10. The first-order valence-electron chi connectivity index (χ1n) is 5.68. The number of methoxy groups -OCH3 is 1. The van der Waals surface area contributed by atoms with Crippen LogP contribution in [0.5, 0.6) is 0 Å². The van der Waals surface area contributed by atoms with Crippen molar-refractivity contribution in [3.8, 4) is 0 Å². The number of halogens is 1. The highest BCUT2D eigenvalue weighted by atomic mass is 79.9. The fourth-order valence-electron chi connectivity index (χ4n) is 1.85. The minimum absolute atomic E-state index is 0.168. The van der Waals surface area contributed by atoms with Gasteiger partial charge in [-0.05, 0) is 28.1 Å². The van der Waals surface area contributed by atoms with Crippen molar-refractivity contribution in [2.45, 2.75) is 12.0 Å². The van der Waals surface area contributed by atoms with E-state index in [-0.39, 0.29) is 5.91 Å². The van der Waals surface area contributed by atoms with E-state index < -0.39 is 5.60 Å². The van der Waals surface area contributed by atoms with Crippen LogP contribution in [0.1, 0.15) is 16.8 Å². The summed E-state index contributed by atoms with van der Waals surface area (Å²) in [6, 6.07) is 3.45. The van der Waals surface area contributed by atoms with E-state index >= 15 is 0 Å². The molecule has 1 aromatic rings. The van der Waals surface area contributed by atoms with Crippen LogP contribution in [-0.4, -0.2) is 43.4 Å². The summed E-state index contributed by atoms with van der Waals surface area (Å²) in [5.41, 5.74) is 0.118. The lowest BCUT2D eigenvalue weighted by atomic mass is 10.0. The monoisotopic (exact) mass is 314 g/mol. The third kappa shape index (κ3) is 2.88. The summed E-state index contributed by atoms with van der Waals surface area (Å²) in [6.45, 7) is 1.61. The molecule has 1 amide bonds. The Morgan fingerprint density at radius 1 is 1.72 bits per heavy atom. The highest BCUT2D eigenvalue weighted by Crippen LogP contribution is 2.21. The van der Waals surface area contributed by atoms with Crippen molar-refractivity contribution in [3.63, 3.8) is 0 Å². The molecule has 1 aromatic heterocycles. The highest BCUT2D eigenvalue weighted by Gasteiger charge is 2.35. The van der Waals surface area contributed by atoms with Crippen molar-refractivity contribution in [2.75, 3.05) is 26.9 Å². The maximum atomic E-state index is 12.0. The first kappa shape index (κ1) is 13.5. The summed E-state index contributed by atoms with van der Waals surface area (Å²) in [4.78, 5) is 16.0. The molecule has 0 bridgehead atoms. The topological polar surface area (TPSA) is 60.5 Å². The molecule has 1 fully saturated rings. The number of rotatable bonds is 4. The third-order valence-electron chi connectivity index (χ3n) is 3.07. The predicted molar refractivity (Wildman–Crippen MR) is 69.4 cm³/mol. The summed E-state index contributed by atoms with van der Waals surface area (Å²) in [6.07, 6.45) is 2.42. The number of carbonyl (C=O) groups is 1. The Bertz CT molecular complexity index is 433. The molecule has 1 unspecified atom stereocenters. The Labute approximate surface area is 114 Å². The molecule has 1 atom stereocenters. The molecule has 1 aliphatic rings. The van der Waals surface area contributed by atoms with Gasteiger partial charge in [0.25, 0.3) is 5.91 Å². The first-order chi connectivity index (χ1) is 8.67. The number of carbonyl (C=O) groups excluding carboxylic acids is 1. The Morgan fingerprint density at radius 3 is 3.17 bits per heavy atom. The van der Waals surface area contributed by atoms with Crippen LogP contribution in [0.4, 0.5) is 0 Å². The maximum absolute atomic E-state index is 12.0. The van der Waals surface area contributed by atoms with Gasteiger partial charge in [0.1, 0.15) is 10.2 Å². The van der Waals surface area contributed by atoms with Gasteiger partial charge in [0, 0.05) is 32.9 Å². The maximum Gasteiger partial charge on any atom is 0.254 e. The minimum atomic E-state index is -0.398. The van der Waals surface area contributed by atoms with Gasteiger partial charge < -0.3 is 14.8 Å². The van der Waals surface area contributed by atoms with Crippen LogP contribution >= 0.6 is 15.9 Å². The number of nitrogens with zero attached hydrogens (tertiary/aromatic N) is 1. The molecule has 0 saturated carbocycles. The summed E-state index contributed by atoms with van der Waals surface area (Å²) in [5.74, 6) is -0.168. The largest absolute Gasteiger partial charge is 0.378 e. The number of ether oxygens (including phenoxy) is 2. The van der Waals surface area contributed by atoms with E-state index in [1.54, 1.807) is 25.4 Å². The van der Waals surface area contributed by atoms with Gasteiger partial charge in [0.15, 0.2) is 0 Å². The van der Waals surface area contributed by atoms with Crippen LogP contribution in [0.3, 0.4) is 0 Å². The SMILES string of the molecule is COC1(CNC(=O)c2cccnc2Br)CCOC1. The molecular weight excluding hydrogens is 300 g/mol. The minimum Gasteiger partial charge on any atom is -0.378 e. The van der Waals surface area contributed by atoms with E-state index in [4.69, 9.17) is 9.47 Å². The van der Waals surface area contributed by atoms with Crippen LogP contribution in [-0.2, 0) is 9.47 Å². The average molecular weight is 315 g/mol. The smallest absolute Gasteiger partial charge is 0.254 e. The average Bonchev–Trinajstić information content (AvgIpc) is 2.86. The Balaban J connectivity index is 1.98. The molecule has 5 nitrogen and oxygen atoms in total. The molecule has 0 spiro atoms. The van der Waals surface area contributed by atoms with E-state index in [9.17, 15) is 4.79 Å². The quantitative estimate of drug-likeness (QED) is 0.853. The number of hydrogen-bond acceptors (Lipinski definition) is 4. The van der Waals surface area contributed by atoms with Crippen LogP contribution in [0, 0.1) is 0 Å². The molecule has 2 rings (SSSR count). The van der Waals surface area contributed by atoms with Gasteiger partial charge in [0.2, 0.25) is 0 Å². The van der Waals surface area contributed by atoms with E-state index in [1.807, 2.05) is 0 Å². The van der Waals surface area contributed by atoms with Gasteiger partial charge in [-0.3, -0.25) is 4.79 Å². The standard InChI is InChI=1S/C12H15BrN2O3/c1-17-12(4-6-18-8-12)7-15-11(16)9-3-2-5-14-10(9)13/h2-3,5H,4,6-8H2,1H3,(H,15,16). The van der Waals surface area contributed by atoms with Crippen molar-refractivity contribution in [1.29, 1.82) is 0 Å². The van der Waals surface area contributed by atoms with Gasteiger partial charge in [-0.2, -0.15) is 0 Å². The fraction of sp³-hybridized carbons (Fsp3) is 0.500. The summed E-state index contributed by atoms with van der Waals surface area (Å²) < 4.78 is 11.3. The molecule has 0 aliphatic carbocycles. The first-order valence-corrected chi connectivity index (χ1v) is 6.48. The predicted octanol–water partition coefficient (Wildman–Crippen LogP) is 1.38. The normalized spacial score (nSPS) is 23.0. The molecule has 0 radical (unpaired) electrons. The molecular formula is C12H15BrN2O3. The van der Waals surface area contributed by atoms with Gasteiger partial charge in [-0.1, -0.05) is 0 Å². The molecule has 18 heavy (non-hydrogen) atoms. The van der Waals surface area contributed by atoms with Crippen LogP contribution in [0.15, 0.2) is 22.9 Å². The zero-order valence-corrected chi connectivity index (χ0v) is 11.7. The Kier molecular flexibility index (Phi) is 4.31. The third-order valence-corrected chi connectivity index (χ3v) is 3.71. The number of hydrogen-bond donors (Lipinski definition) is 1. The van der Waals surface area contributed by atoms with Gasteiger partial charge >= 0.3 is 0 Å². The zero-order valence-electron chi connectivity index (χ0n) is 10.1. The van der Waals surface area contributed by atoms with Crippen molar-refractivity contribution in [1.82, 2.24) is 10.3 Å². The molecule has 0 aromatic carbocycles. The lowest BCUT2D eigenvalue weighted by Crippen LogP contribution is -2.45. The Hall–Kier alpha value is -0.980. The van der Waals surface area contributed by atoms with E-state index in [1.165, 1.54) is 0 Å². The second-order valence-electron chi connectivity index (χ2n) is 4.21. The van der Waals surface area contributed by atoms with Crippen LogP contribution in [0.25, 0.3) is 0 Å². The molecule has 98 valence electrons. The van der Waals surface area contributed by atoms with Gasteiger partial charge in [0.05, 0.1) is 12.2 Å². The van der Waals surface area contributed by atoms with Crippen molar-refractivity contribution < 1.29 is 14.3 Å². The van der Waals surface area contributed by atoms with Crippen LogP contribution < -0.4 is 5.32 Å². The van der Waals surface area contributed by atoms with Crippen molar-refractivity contribution in [2.24, 2.45) is 0 Å². The lowest BCUT2D eigenvalue weighted by Gasteiger charge is -2.25. The number of nitrogens with one attached hydrogen (secondary N) is 1. The van der Waals surface area contributed by atoms with E-state index in [0.29, 0.717) is 29.9 Å². The van der Waals surface area contributed by atoms with Crippen molar-refractivity contribution >= 4 is 21.8 Å². The molecule has 6 heteroatoms. The second-order valence-corrected chi connectivity index (χ2v) is 4.97. The van der Waals surface area contributed by atoms with Gasteiger partial charge in [-0.15, -0.1) is 0 Å². The summed E-state index contributed by atoms with van der Waals surface area (Å²) >= 11 is 3.25. The molecule has 2 heterocycles. The summed E-state index contributed by atoms with van der Waals surface area (Å²) in [7, 11) is 1.64. The number of aromatic nitrogens is 1. The number of amides is 1. The second kappa shape index (κ2) is 5.77.